The predicted octanol–water partition coefficient (Wildman–Crippen LogP) is 5.87. The van der Waals surface area contributed by atoms with E-state index >= 15 is 0 Å². The zero-order valence-electron chi connectivity index (χ0n) is 20.6. The van der Waals surface area contributed by atoms with Crippen LogP contribution < -0.4 is 10.1 Å². The van der Waals surface area contributed by atoms with Gasteiger partial charge in [0.15, 0.2) is 0 Å². The number of sulfonamides is 1. The Kier molecular flexibility index (Phi) is 6.94. The van der Waals surface area contributed by atoms with Crippen LogP contribution in [0.15, 0.2) is 78.9 Å². The summed E-state index contributed by atoms with van der Waals surface area (Å²) < 4.78 is 30.5. The first-order valence-corrected chi connectivity index (χ1v) is 14.1. The molecule has 1 fully saturated rings. The van der Waals surface area contributed by atoms with E-state index in [1.807, 2.05) is 42.5 Å². The van der Waals surface area contributed by atoms with Gasteiger partial charge in [0.05, 0.1) is 30.3 Å². The lowest BCUT2D eigenvalue weighted by atomic mass is 9.91. The first-order valence-electron chi connectivity index (χ1n) is 12.2. The van der Waals surface area contributed by atoms with E-state index in [4.69, 9.17) is 9.72 Å². The molecule has 36 heavy (non-hydrogen) atoms. The van der Waals surface area contributed by atoms with Crippen molar-refractivity contribution in [3.8, 4) is 17.0 Å². The molecule has 7 heteroatoms. The number of anilines is 2. The largest absolute Gasteiger partial charge is 0.497 e. The number of hydrogen-bond acceptors (Lipinski definition) is 5. The Morgan fingerprint density at radius 1 is 0.972 bits per heavy atom. The molecule has 1 N–H and O–H groups in total. The maximum atomic E-state index is 11.8. The molecule has 4 aromatic rings. The van der Waals surface area contributed by atoms with Crippen molar-refractivity contribution in [1.29, 1.82) is 0 Å². The summed E-state index contributed by atoms with van der Waals surface area (Å²) in [6, 6.07) is 26.7. The van der Waals surface area contributed by atoms with Crippen LogP contribution in [-0.4, -0.2) is 44.2 Å². The fourth-order valence-corrected chi connectivity index (χ4v) is 5.77. The van der Waals surface area contributed by atoms with E-state index in [0.717, 1.165) is 58.5 Å². The number of fused-ring (bicyclic) bond motifs is 1. The van der Waals surface area contributed by atoms with Crippen LogP contribution >= 0.6 is 0 Å². The third-order valence-corrected chi connectivity index (χ3v) is 8.18. The Hall–Kier alpha value is -3.42. The Bertz CT molecular complexity index is 1460. The monoisotopic (exact) mass is 501 g/mol. The molecule has 2 heterocycles. The van der Waals surface area contributed by atoms with Crippen molar-refractivity contribution in [1.82, 2.24) is 9.29 Å². The van der Waals surface area contributed by atoms with Gasteiger partial charge in [0.1, 0.15) is 5.75 Å². The average Bonchev–Trinajstić information content (AvgIpc) is 2.89. The summed E-state index contributed by atoms with van der Waals surface area (Å²) in [5.41, 5.74) is 6.14. The van der Waals surface area contributed by atoms with E-state index in [0.29, 0.717) is 19.0 Å². The van der Waals surface area contributed by atoms with Gasteiger partial charge in [-0.15, -0.1) is 0 Å². The molecule has 6 nitrogen and oxygen atoms in total. The topological polar surface area (TPSA) is 71.5 Å². The summed E-state index contributed by atoms with van der Waals surface area (Å²) in [7, 11) is -1.43. The van der Waals surface area contributed by atoms with Gasteiger partial charge in [-0.25, -0.2) is 17.7 Å². The van der Waals surface area contributed by atoms with E-state index in [1.54, 1.807) is 11.4 Å². The minimum atomic E-state index is -3.10. The number of nitrogens with one attached hydrogen (secondary N) is 1. The van der Waals surface area contributed by atoms with Crippen molar-refractivity contribution in [3.05, 3.63) is 84.4 Å². The maximum Gasteiger partial charge on any atom is 0.211 e. The van der Waals surface area contributed by atoms with Crippen molar-refractivity contribution < 1.29 is 13.2 Å². The van der Waals surface area contributed by atoms with E-state index in [-0.39, 0.29) is 0 Å². The minimum absolute atomic E-state index is 0.488. The highest BCUT2D eigenvalue weighted by atomic mass is 32.2. The number of benzene rings is 3. The first kappa shape index (κ1) is 24.3. The van der Waals surface area contributed by atoms with Crippen LogP contribution in [0.2, 0.25) is 0 Å². The smallest absolute Gasteiger partial charge is 0.211 e. The Morgan fingerprint density at radius 2 is 1.72 bits per heavy atom. The number of nitrogens with zero attached hydrogens (tertiary/aromatic N) is 2. The van der Waals surface area contributed by atoms with Crippen molar-refractivity contribution in [2.24, 2.45) is 5.92 Å². The zero-order valence-corrected chi connectivity index (χ0v) is 21.5. The molecule has 186 valence electrons. The van der Waals surface area contributed by atoms with Gasteiger partial charge < -0.3 is 10.1 Å². The van der Waals surface area contributed by atoms with Crippen LogP contribution in [0.1, 0.15) is 18.4 Å². The number of hydrogen-bond donors (Lipinski definition) is 1. The fraction of sp³-hybridized carbons (Fsp3) is 0.276. The molecule has 0 amide bonds. The molecule has 1 aliphatic heterocycles. The molecule has 5 rings (SSSR count). The van der Waals surface area contributed by atoms with Gasteiger partial charge in [-0.1, -0.05) is 30.3 Å². The molecule has 0 atom stereocenters. The molecule has 1 aromatic heterocycles. The van der Waals surface area contributed by atoms with Crippen LogP contribution in [-0.2, 0) is 16.4 Å². The van der Waals surface area contributed by atoms with Crippen molar-refractivity contribution >= 4 is 32.3 Å². The van der Waals surface area contributed by atoms with Crippen LogP contribution in [0.3, 0.4) is 0 Å². The highest BCUT2D eigenvalue weighted by Crippen LogP contribution is 2.32. The molecule has 0 saturated carbocycles. The molecule has 1 aliphatic rings. The maximum absolute atomic E-state index is 11.8. The third kappa shape index (κ3) is 5.53. The molecular formula is C29H31N3O3S. The highest BCUT2D eigenvalue weighted by molar-refractivity contribution is 7.88. The Balaban J connectivity index is 1.37. The first-order chi connectivity index (χ1) is 17.4. The van der Waals surface area contributed by atoms with E-state index in [9.17, 15) is 8.42 Å². The Morgan fingerprint density at radius 3 is 2.44 bits per heavy atom. The van der Waals surface area contributed by atoms with Crippen molar-refractivity contribution in [3.63, 3.8) is 0 Å². The number of rotatable bonds is 7. The lowest BCUT2D eigenvalue weighted by Crippen LogP contribution is -2.38. The summed E-state index contributed by atoms with van der Waals surface area (Å²) in [5, 5.41) is 4.70. The molecule has 1 saturated heterocycles. The second-order valence-corrected chi connectivity index (χ2v) is 11.4. The van der Waals surface area contributed by atoms with Crippen LogP contribution in [0.25, 0.3) is 22.2 Å². The second-order valence-electron chi connectivity index (χ2n) is 9.44. The number of aromatic nitrogens is 1. The molecule has 0 unspecified atom stereocenters. The van der Waals surface area contributed by atoms with Gasteiger partial charge in [-0.3, -0.25) is 0 Å². The van der Waals surface area contributed by atoms with Crippen LogP contribution in [0.4, 0.5) is 11.4 Å². The summed E-state index contributed by atoms with van der Waals surface area (Å²) in [4.78, 5) is 4.89. The SMILES string of the molecule is COc1ccc(-c2cc(Nc3cccc(CC4CCN(S(C)(=O)=O)CC4)c3)c3ccccc3n2)cc1. The number of para-hydroxylation sites is 1. The van der Waals surface area contributed by atoms with Crippen LogP contribution in [0.5, 0.6) is 5.75 Å². The third-order valence-electron chi connectivity index (χ3n) is 6.87. The van der Waals surface area contributed by atoms with Crippen molar-refractivity contribution in [2.45, 2.75) is 19.3 Å². The molecule has 0 aliphatic carbocycles. The van der Waals surface area contributed by atoms with E-state index in [1.165, 1.54) is 11.8 Å². The van der Waals surface area contributed by atoms with Gasteiger partial charge in [-0.05, 0) is 79.3 Å². The van der Waals surface area contributed by atoms with E-state index < -0.39 is 10.0 Å². The predicted molar refractivity (Wildman–Crippen MR) is 146 cm³/mol. The lowest BCUT2D eigenvalue weighted by Gasteiger charge is -2.30. The highest BCUT2D eigenvalue weighted by Gasteiger charge is 2.25. The van der Waals surface area contributed by atoms with Gasteiger partial charge >= 0.3 is 0 Å². The molecular weight excluding hydrogens is 470 g/mol. The normalized spacial score (nSPS) is 15.2. The van der Waals surface area contributed by atoms with Gasteiger partial charge in [0, 0.05) is 29.7 Å². The number of piperidine rings is 1. The number of ether oxygens (including phenoxy) is 1. The lowest BCUT2D eigenvalue weighted by molar-refractivity contribution is 0.274. The summed E-state index contributed by atoms with van der Waals surface area (Å²) in [6.07, 6.45) is 4.03. The average molecular weight is 502 g/mol. The summed E-state index contributed by atoms with van der Waals surface area (Å²) in [5.74, 6) is 1.30. The number of pyridine rings is 1. The van der Waals surface area contributed by atoms with E-state index in [2.05, 4.69) is 41.7 Å². The quantitative estimate of drug-likeness (QED) is 0.343. The second kappa shape index (κ2) is 10.3. The standard InChI is InChI=1S/C29H31N3O3S/c1-35-25-12-10-23(11-13-25)28-20-29(26-8-3-4-9-27(26)31-28)30-24-7-5-6-22(19-24)18-21-14-16-32(17-15-21)36(2,33)34/h3-13,19-21H,14-18H2,1-2H3,(H,30,31). The fourth-order valence-electron chi connectivity index (χ4n) is 4.90. The molecule has 0 bridgehead atoms. The van der Waals surface area contributed by atoms with Gasteiger partial charge in [-0.2, -0.15) is 0 Å². The Labute approximate surface area is 213 Å². The summed E-state index contributed by atoms with van der Waals surface area (Å²) >= 11 is 0. The zero-order chi connectivity index (χ0) is 25.1. The van der Waals surface area contributed by atoms with Gasteiger partial charge in [0.25, 0.3) is 0 Å². The number of methoxy groups -OCH3 is 1. The summed E-state index contributed by atoms with van der Waals surface area (Å²) in [6.45, 7) is 1.22. The van der Waals surface area contributed by atoms with Crippen LogP contribution in [0, 0.1) is 5.92 Å². The molecule has 3 aromatic carbocycles. The minimum Gasteiger partial charge on any atom is -0.497 e. The van der Waals surface area contributed by atoms with Gasteiger partial charge in [0.2, 0.25) is 10.0 Å². The van der Waals surface area contributed by atoms with Crippen molar-refractivity contribution in [2.75, 3.05) is 31.8 Å². The molecule has 0 radical (unpaired) electrons. The molecule has 0 spiro atoms.